The Morgan fingerprint density at radius 3 is 2.46 bits per heavy atom. The number of rotatable bonds is 6. The number of anilines is 1. The molecule has 1 amide bonds. The molecule has 4 aromatic rings. The number of methoxy groups -OCH3 is 3. The number of carbonyl (C=O) groups is 2. The average molecular weight is 488 g/mol. The van der Waals surface area contributed by atoms with Crippen molar-refractivity contribution < 1.29 is 23.8 Å². The van der Waals surface area contributed by atoms with Crippen molar-refractivity contribution in [3.05, 3.63) is 70.1 Å². The van der Waals surface area contributed by atoms with Crippen LogP contribution in [-0.4, -0.2) is 38.2 Å². The number of nitrogens with one attached hydrogen (secondary N) is 1. The Kier molecular flexibility index (Phi) is 6.66. The van der Waals surface area contributed by atoms with Crippen LogP contribution in [0.1, 0.15) is 31.2 Å². The molecule has 0 atom stereocenters. The van der Waals surface area contributed by atoms with Gasteiger partial charge in [-0.05, 0) is 42.8 Å². The molecular formula is C26H21N3O5S. The van der Waals surface area contributed by atoms with Crippen molar-refractivity contribution in [3.8, 4) is 28.8 Å². The first-order chi connectivity index (χ1) is 16.9. The standard InChI is InChI=1S/C26H21N3O5S/c1-14-18(13-27)25(35-23(14)26(31)34-4)29-24(30)17-12-20(28-19-8-6-5-7-16(17)19)15-9-10-21(32-2)22(11-15)33-3/h5-12H,1-4H3,(H,29,30). The Hall–Kier alpha value is -4.42. The maximum absolute atomic E-state index is 13.5. The Balaban J connectivity index is 1.81. The molecule has 8 nitrogen and oxygen atoms in total. The minimum Gasteiger partial charge on any atom is -0.493 e. The van der Waals surface area contributed by atoms with Gasteiger partial charge >= 0.3 is 5.97 Å². The summed E-state index contributed by atoms with van der Waals surface area (Å²) in [5.74, 6) is 0.122. The minimum atomic E-state index is -0.561. The fourth-order valence-electron chi connectivity index (χ4n) is 3.70. The summed E-state index contributed by atoms with van der Waals surface area (Å²) >= 11 is 1.01. The molecule has 176 valence electrons. The molecule has 0 unspecified atom stereocenters. The lowest BCUT2D eigenvalue weighted by atomic mass is 10.0. The van der Waals surface area contributed by atoms with Crippen LogP contribution in [0, 0.1) is 18.3 Å². The number of fused-ring (bicyclic) bond motifs is 1. The SMILES string of the molecule is COC(=O)c1sc(NC(=O)c2cc(-c3ccc(OC)c(OC)c3)nc3ccccc23)c(C#N)c1C. The molecule has 35 heavy (non-hydrogen) atoms. The molecular weight excluding hydrogens is 466 g/mol. The number of hydrogen-bond donors (Lipinski definition) is 1. The van der Waals surface area contributed by atoms with Gasteiger partial charge in [-0.2, -0.15) is 5.26 Å². The van der Waals surface area contributed by atoms with Crippen LogP contribution in [-0.2, 0) is 4.74 Å². The highest BCUT2D eigenvalue weighted by Gasteiger charge is 2.23. The van der Waals surface area contributed by atoms with Crippen molar-refractivity contribution in [1.82, 2.24) is 4.98 Å². The van der Waals surface area contributed by atoms with Crippen molar-refractivity contribution in [1.29, 1.82) is 5.26 Å². The van der Waals surface area contributed by atoms with Crippen LogP contribution in [0.3, 0.4) is 0 Å². The van der Waals surface area contributed by atoms with E-state index in [0.29, 0.717) is 39.2 Å². The molecule has 0 radical (unpaired) electrons. The first kappa shape index (κ1) is 23.7. The highest BCUT2D eigenvalue weighted by molar-refractivity contribution is 7.18. The summed E-state index contributed by atoms with van der Waals surface area (Å²) in [7, 11) is 4.37. The lowest BCUT2D eigenvalue weighted by Crippen LogP contribution is -2.13. The highest BCUT2D eigenvalue weighted by atomic mass is 32.1. The van der Waals surface area contributed by atoms with Gasteiger partial charge in [0.05, 0.1) is 43.7 Å². The van der Waals surface area contributed by atoms with Crippen LogP contribution in [0.4, 0.5) is 5.00 Å². The Bertz CT molecular complexity index is 1500. The maximum Gasteiger partial charge on any atom is 0.348 e. The molecule has 0 saturated heterocycles. The fourth-order valence-corrected chi connectivity index (χ4v) is 4.77. The van der Waals surface area contributed by atoms with E-state index in [4.69, 9.17) is 19.2 Å². The monoisotopic (exact) mass is 487 g/mol. The van der Waals surface area contributed by atoms with E-state index in [2.05, 4.69) is 11.4 Å². The van der Waals surface area contributed by atoms with Gasteiger partial charge < -0.3 is 19.5 Å². The van der Waals surface area contributed by atoms with Gasteiger partial charge in [0.2, 0.25) is 0 Å². The number of esters is 1. The van der Waals surface area contributed by atoms with E-state index in [1.165, 1.54) is 7.11 Å². The lowest BCUT2D eigenvalue weighted by Gasteiger charge is -2.12. The molecule has 0 aliphatic heterocycles. The number of aromatic nitrogens is 1. The predicted molar refractivity (Wildman–Crippen MR) is 133 cm³/mol. The second kappa shape index (κ2) is 9.83. The summed E-state index contributed by atoms with van der Waals surface area (Å²) in [4.78, 5) is 30.5. The van der Waals surface area contributed by atoms with E-state index in [1.54, 1.807) is 45.4 Å². The zero-order valence-electron chi connectivity index (χ0n) is 19.5. The second-order valence-corrected chi connectivity index (χ2v) is 8.48. The van der Waals surface area contributed by atoms with Crippen molar-refractivity contribution in [3.63, 3.8) is 0 Å². The average Bonchev–Trinajstić information content (AvgIpc) is 3.21. The van der Waals surface area contributed by atoms with E-state index in [9.17, 15) is 14.9 Å². The summed E-state index contributed by atoms with van der Waals surface area (Å²) in [6, 6.07) is 16.4. The third kappa shape index (κ3) is 4.39. The van der Waals surface area contributed by atoms with Crippen LogP contribution >= 0.6 is 11.3 Å². The van der Waals surface area contributed by atoms with Gasteiger partial charge in [-0.1, -0.05) is 18.2 Å². The molecule has 4 rings (SSSR count). The molecule has 0 saturated carbocycles. The maximum atomic E-state index is 13.5. The minimum absolute atomic E-state index is 0.224. The Labute approximate surface area is 205 Å². The van der Waals surface area contributed by atoms with Crippen molar-refractivity contribution in [2.45, 2.75) is 6.92 Å². The van der Waals surface area contributed by atoms with Crippen LogP contribution in [0.15, 0.2) is 48.5 Å². The normalized spacial score (nSPS) is 10.5. The first-order valence-electron chi connectivity index (χ1n) is 10.5. The van der Waals surface area contributed by atoms with Crippen molar-refractivity contribution in [2.24, 2.45) is 0 Å². The fraction of sp³-hybridized carbons (Fsp3) is 0.154. The number of thiophene rings is 1. The number of pyridine rings is 1. The molecule has 9 heteroatoms. The number of ether oxygens (including phenoxy) is 3. The summed E-state index contributed by atoms with van der Waals surface area (Å²) in [5.41, 5.74) is 2.98. The number of carbonyl (C=O) groups excluding carboxylic acids is 2. The second-order valence-electron chi connectivity index (χ2n) is 7.46. The highest BCUT2D eigenvalue weighted by Crippen LogP contribution is 2.35. The van der Waals surface area contributed by atoms with Gasteiger partial charge in [0.15, 0.2) is 11.5 Å². The van der Waals surface area contributed by atoms with Crippen LogP contribution < -0.4 is 14.8 Å². The lowest BCUT2D eigenvalue weighted by molar-refractivity contribution is 0.0605. The van der Waals surface area contributed by atoms with Gasteiger partial charge in [0, 0.05) is 10.9 Å². The van der Waals surface area contributed by atoms with Crippen molar-refractivity contribution in [2.75, 3.05) is 26.6 Å². The molecule has 2 aromatic heterocycles. The molecule has 2 heterocycles. The van der Waals surface area contributed by atoms with Gasteiger partial charge in [-0.3, -0.25) is 4.79 Å². The third-order valence-corrected chi connectivity index (χ3v) is 6.68. The van der Waals surface area contributed by atoms with E-state index in [1.807, 2.05) is 24.3 Å². The van der Waals surface area contributed by atoms with Gasteiger partial charge in [0.25, 0.3) is 5.91 Å². The smallest absolute Gasteiger partial charge is 0.348 e. The van der Waals surface area contributed by atoms with E-state index in [-0.39, 0.29) is 15.4 Å². The summed E-state index contributed by atoms with van der Waals surface area (Å²) in [6.45, 7) is 1.65. The summed E-state index contributed by atoms with van der Waals surface area (Å²) < 4.78 is 15.5. The van der Waals surface area contributed by atoms with E-state index >= 15 is 0 Å². The first-order valence-corrected chi connectivity index (χ1v) is 11.3. The largest absolute Gasteiger partial charge is 0.493 e. The van der Waals surface area contributed by atoms with E-state index in [0.717, 1.165) is 16.9 Å². The third-order valence-electron chi connectivity index (χ3n) is 5.50. The van der Waals surface area contributed by atoms with Crippen LogP contribution in [0.5, 0.6) is 11.5 Å². The molecule has 0 bridgehead atoms. The van der Waals surface area contributed by atoms with Gasteiger partial charge in [-0.15, -0.1) is 11.3 Å². The molecule has 0 spiro atoms. The number of benzene rings is 2. The van der Waals surface area contributed by atoms with E-state index < -0.39 is 11.9 Å². The van der Waals surface area contributed by atoms with Crippen molar-refractivity contribution >= 4 is 39.1 Å². The number of para-hydroxylation sites is 1. The van der Waals surface area contributed by atoms with Gasteiger partial charge in [0.1, 0.15) is 15.9 Å². The number of nitriles is 1. The summed E-state index contributed by atoms with van der Waals surface area (Å²) in [5, 5.41) is 13.4. The quantitative estimate of drug-likeness (QED) is 0.372. The zero-order valence-corrected chi connectivity index (χ0v) is 20.3. The summed E-state index contributed by atoms with van der Waals surface area (Å²) in [6.07, 6.45) is 0. The van der Waals surface area contributed by atoms with Crippen LogP contribution in [0.25, 0.3) is 22.2 Å². The zero-order chi connectivity index (χ0) is 25.1. The predicted octanol–water partition coefficient (Wildman–Crippen LogP) is 5.20. The molecule has 0 aliphatic rings. The molecule has 0 aliphatic carbocycles. The Morgan fingerprint density at radius 2 is 1.77 bits per heavy atom. The van der Waals surface area contributed by atoms with Crippen LogP contribution in [0.2, 0.25) is 0 Å². The topological polar surface area (TPSA) is 111 Å². The molecule has 0 fully saturated rings. The number of amides is 1. The Morgan fingerprint density at radius 1 is 1.03 bits per heavy atom. The molecule has 2 aromatic carbocycles. The molecule has 1 N–H and O–H groups in total. The number of hydrogen-bond acceptors (Lipinski definition) is 8. The van der Waals surface area contributed by atoms with Gasteiger partial charge in [-0.25, -0.2) is 9.78 Å². The number of nitrogens with zero attached hydrogens (tertiary/aromatic N) is 2.